The number of hydrogen-bond donors (Lipinski definition) is 0. The standard InChI is InChI=1S/C19H26O2S/c1-5-9-17-16(13-22-14-10-7-6-8-11-14)15(18(20)21-17)12-19(2,3)4/h5-8,10-11,15-17H,1,9,12-13H2,2-4H3/t15-,16-,17+/m0/s1. The van der Waals surface area contributed by atoms with Crippen molar-refractivity contribution in [2.45, 2.75) is 44.6 Å². The minimum atomic E-state index is -0.0274. The third kappa shape index (κ3) is 4.64. The van der Waals surface area contributed by atoms with E-state index in [1.54, 1.807) is 0 Å². The minimum absolute atomic E-state index is 0.00108. The molecule has 3 heteroatoms. The number of ether oxygens (including phenoxy) is 1. The van der Waals surface area contributed by atoms with Crippen LogP contribution in [0.15, 0.2) is 47.9 Å². The van der Waals surface area contributed by atoms with Crippen molar-refractivity contribution >= 4 is 17.7 Å². The molecule has 0 N–H and O–H groups in total. The molecule has 1 aliphatic rings. The molecule has 1 saturated heterocycles. The lowest BCUT2D eigenvalue weighted by Gasteiger charge is -2.25. The fraction of sp³-hybridized carbons (Fsp3) is 0.526. The highest BCUT2D eigenvalue weighted by Gasteiger charge is 2.45. The van der Waals surface area contributed by atoms with Gasteiger partial charge in [-0.05, 0) is 24.0 Å². The number of esters is 1. The summed E-state index contributed by atoms with van der Waals surface area (Å²) >= 11 is 1.81. The lowest BCUT2D eigenvalue weighted by Crippen LogP contribution is -2.26. The SMILES string of the molecule is C=CC[C@H]1OC(=O)[C@@H](CC(C)(C)C)[C@@H]1CSc1ccccc1. The Hall–Kier alpha value is -1.22. The monoisotopic (exact) mass is 318 g/mol. The van der Waals surface area contributed by atoms with Gasteiger partial charge in [0, 0.05) is 23.0 Å². The van der Waals surface area contributed by atoms with E-state index in [0.717, 1.165) is 18.6 Å². The van der Waals surface area contributed by atoms with Crippen LogP contribution in [0, 0.1) is 17.3 Å². The van der Waals surface area contributed by atoms with Gasteiger partial charge in [0.1, 0.15) is 6.10 Å². The summed E-state index contributed by atoms with van der Waals surface area (Å²) in [7, 11) is 0. The predicted octanol–water partition coefficient (Wildman–Crippen LogP) is 4.95. The molecule has 120 valence electrons. The van der Waals surface area contributed by atoms with Gasteiger partial charge in [0.15, 0.2) is 0 Å². The molecular formula is C19H26O2S. The molecule has 1 aromatic rings. The van der Waals surface area contributed by atoms with Gasteiger partial charge in [0.25, 0.3) is 0 Å². The first-order chi connectivity index (χ1) is 10.4. The zero-order valence-corrected chi connectivity index (χ0v) is 14.6. The quantitative estimate of drug-likeness (QED) is 0.422. The Kier molecular flexibility index (Phi) is 5.74. The lowest BCUT2D eigenvalue weighted by molar-refractivity contribution is -0.144. The van der Waals surface area contributed by atoms with E-state index in [0.29, 0.717) is 0 Å². The highest BCUT2D eigenvalue weighted by atomic mass is 32.2. The molecule has 2 rings (SSSR count). The van der Waals surface area contributed by atoms with Gasteiger partial charge in [-0.3, -0.25) is 4.79 Å². The van der Waals surface area contributed by atoms with Gasteiger partial charge in [0.05, 0.1) is 5.92 Å². The number of cyclic esters (lactones) is 1. The molecule has 2 nitrogen and oxygen atoms in total. The average molecular weight is 318 g/mol. The van der Waals surface area contributed by atoms with E-state index >= 15 is 0 Å². The molecule has 0 aliphatic carbocycles. The molecule has 0 aromatic heterocycles. The van der Waals surface area contributed by atoms with Crippen molar-refractivity contribution in [2.24, 2.45) is 17.3 Å². The summed E-state index contributed by atoms with van der Waals surface area (Å²) in [4.78, 5) is 13.5. The zero-order valence-electron chi connectivity index (χ0n) is 13.7. The van der Waals surface area contributed by atoms with Crippen molar-refractivity contribution in [1.82, 2.24) is 0 Å². The van der Waals surface area contributed by atoms with Crippen molar-refractivity contribution in [1.29, 1.82) is 0 Å². The number of hydrogen-bond acceptors (Lipinski definition) is 3. The van der Waals surface area contributed by atoms with Crippen LogP contribution in [0.25, 0.3) is 0 Å². The lowest BCUT2D eigenvalue weighted by atomic mass is 9.78. The first-order valence-corrected chi connectivity index (χ1v) is 8.88. The molecule has 0 bridgehead atoms. The van der Waals surface area contributed by atoms with Gasteiger partial charge >= 0.3 is 5.97 Å². The largest absolute Gasteiger partial charge is 0.461 e. The predicted molar refractivity (Wildman–Crippen MR) is 92.9 cm³/mol. The van der Waals surface area contributed by atoms with Gasteiger partial charge in [-0.2, -0.15) is 0 Å². The van der Waals surface area contributed by atoms with Crippen LogP contribution in [0.4, 0.5) is 0 Å². The van der Waals surface area contributed by atoms with Crippen molar-refractivity contribution in [3.8, 4) is 0 Å². The van der Waals surface area contributed by atoms with Crippen LogP contribution < -0.4 is 0 Å². The molecule has 1 aliphatic heterocycles. The summed E-state index contributed by atoms with van der Waals surface area (Å²) in [6, 6.07) is 10.3. The fourth-order valence-corrected chi connectivity index (χ4v) is 4.15. The second kappa shape index (κ2) is 7.36. The summed E-state index contributed by atoms with van der Waals surface area (Å²) < 4.78 is 5.64. The molecule has 0 saturated carbocycles. The maximum atomic E-state index is 12.3. The van der Waals surface area contributed by atoms with Crippen LogP contribution >= 0.6 is 11.8 Å². The van der Waals surface area contributed by atoms with Gasteiger partial charge in [-0.1, -0.05) is 45.0 Å². The molecule has 0 spiro atoms. The van der Waals surface area contributed by atoms with Gasteiger partial charge in [-0.15, -0.1) is 18.3 Å². The van der Waals surface area contributed by atoms with Crippen LogP contribution in [0.5, 0.6) is 0 Å². The van der Waals surface area contributed by atoms with Crippen LogP contribution in [0.3, 0.4) is 0 Å². The number of benzene rings is 1. The Balaban J connectivity index is 2.09. The van der Waals surface area contributed by atoms with E-state index in [1.165, 1.54) is 4.90 Å². The van der Waals surface area contributed by atoms with Crippen molar-refractivity contribution in [3.63, 3.8) is 0 Å². The Bertz CT molecular complexity index is 504. The van der Waals surface area contributed by atoms with Gasteiger partial charge < -0.3 is 4.74 Å². The number of rotatable bonds is 6. The third-order valence-corrected chi connectivity index (χ3v) is 5.14. The maximum absolute atomic E-state index is 12.3. The summed E-state index contributed by atoms with van der Waals surface area (Å²) in [6.45, 7) is 10.4. The summed E-state index contributed by atoms with van der Waals surface area (Å²) in [6.07, 6.45) is 3.46. The highest BCUT2D eigenvalue weighted by Crippen LogP contribution is 2.40. The van der Waals surface area contributed by atoms with Crippen LogP contribution in [0.2, 0.25) is 0 Å². The summed E-state index contributed by atoms with van der Waals surface area (Å²) in [5.74, 6) is 1.14. The number of thioether (sulfide) groups is 1. The van der Waals surface area contributed by atoms with Crippen molar-refractivity contribution < 1.29 is 9.53 Å². The Morgan fingerprint density at radius 1 is 1.27 bits per heavy atom. The van der Waals surface area contributed by atoms with Gasteiger partial charge in [0.2, 0.25) is 0 Å². The zero-order chi connectivity index (χ0) is 16.2. The molecule has 1 aromatic carbocycles. The number of carbonyl (C=O) groups is 1. The summed E-state index contributed by atoms with van der Waals surface area (Å²) in [5, 5.41) is 0. The average Bonchev–Trinajstić information content (AvgIpc) is 2.72. The Morgan fingerprint density at radius 2 is 1.95 bits per heavy atom. The molecule has 0 radical (unpaired) electrons. The normalized spacial score (nSPS) is 25.0. The van der Waals surface area contributed by atoms with Crippen LogP contribution in [0.1, 0.15) is 33.6 Å². The van der Waals surface area contributed by atoms with E-state index in [-0.39, 0.29) is 29.3 Å². The molecule has 1 fully saturated rings. The first-order valence-electron chi connectivity index (χ1n) is 7.90. The fourth-order valence-electron chi connectivity index (χ4n) is 2.97. The highest BCUT2D eigenvalue weighted by molar-refractivity contribution is 7.99. The maximum Gasteiger partial charge on any atom is 0.309 e. The van der Waals surface area contributed by atoms with E-state index in [9.17, 15) is 4.79 Å². The molecule has 3 atom stereocenters. The number of carbonyl (C=O) groups excluding carboxylic acids is 1. The molecule has 22 heavy (non-hydrogen) atoms. The molecule has 0 amide bonds. The van der Waals surface area contributed by atoms with E-state index in [1.807, 2.05) is 36.0 Å². The third-order valence-electron chi connectivity index (χ3n) is 3.98. The van der Waals surface area contributed by atoms with Crippen molar-refractivity contribution in [2.75, 3.05) is 5.75 Å². The van der Waals surface area contributed by atoms with Crippen LogP contribution in [-0.2, 0) is 9.53 Å². The smallest absolute Gasteiger partial charge is 0.309 e. The van der Waals surface area contributed by atoms with Gasteiger partial charge in [-0.25, -0.2) is 0 Å². The Labute approximate surface area is 138 Å². The summed E-state index contributed by atoms with van der Waals surface area (Å²) in [5.41, 5.74) is 0.127. The van der Waals surface area contributed by atoms with E-state index in [4.69, 9.17) is 4.74 Å². The molecule has 0 unspecified atom stereocenters. The second-order valence-electron chi connectivity index (χ2n) is 7.16. The first kappa shape index (κ1) is 17.1. The van der Waals surface area contributed by atoms with Crippen molar-refractivity contribution in [3.05, 3.63) is 43.0 Å². The second-order valence-corrected chi connectivity index (χ2v) is 8.25. The van der Waals surface area contributed by atoms with Crippen LogP contribution in [-0.4, -0.2) is 17.8 Å². The van der Waals surface area contributed by atoms with E-state index in [2.05, 4.69) is 39.5 Å². The molecule has 1 heterocycles. The minimum Gasteiger partial charge on any atom is -0.461 e. The Morgan fingerprint density at radius 3 is 2.55 bits per heavy atom. The molecular weight excluding hydrogens is 292 g/mol. The van der Waals surface area contributed by atoms with E-state index < -0.39 is 0 Å². The topological polar surface area (TPSA) is 26.3 Å².